The van der Waals surface area contributed by atoms with E-state index in [4.69, 9.17) is 11.6 Å². The molecule has 3 aromatic rings. The van der Waals surface area contributed by atoms with E-state index < -0.39 is 0 Å². The minimum Gasteiger partial charge on any atom is -0.399 e. The summed E-state index contributed by atoms with van der Waals surface area (Å²) in [5.74, 6) is -0.227. The summed E-state index contributed by atoms with van der Waals surface area (Å²) < 4.78 is 0. The molecule has 1 amide bonds. The molecule has 1 N–H and O–H groups in total. The van der Waals surface area contributed by atoms with Crippen molar-refractivity contribution in [3.8, 4) is 11.3 Å². The van der Waals surface area contributed by atoms with Crippen molar-refractivity contribution in [3.63, 3.8) is 0 Å². The average Bonchev–Trinajstić information content (AvgIpc) is 3.09. The van der Waals surface area contributed by atoms with Gasteiger partial charge in [-0.15, -0.1) is 11.3 Å². The molecule has 1 aromatic heterocycles. The zero-order valence-electron chi connectivity index (χ0n) is 13.3. The van der Waals surface area contributed by atoms with Gasteiger partial charge in [0, 0.05) is 21.5 Å². The molecule has 0 aliphatic carbocycles. The molecule has 0 aliphatic rings. The van der Waals surface area contributed by atoms with Crippen LogP contribution in [0.1, 0.15) is 15.9 Å². The Morgan fingerprint density at radius 2 is 2.00 bits per heavy atom. The van der Waals surface area contributed by atoms with Gasteiger partial charge in [-0.3, -0.25) is 10.1 Å². The first kappa shape index (κ1) is 17.1. The Kier molecular flexibility index (Phi) is 5.42. The van der Waals surface area contributed by atoms with E-state index >= 15 is 0 Å². The summed E-state index contributed by atoms with van der Waals surface area (Å²) >= 11 is 7.53. The van der Waals surface area contributed by atoms with Crippen LogP contribution in [0, 0.1) is 0 Å². The molecule has 0 bridgehead atoms. The van der Waals surface area contributed by atoms with Gasteiger partial charge in [0.15, 0.2) is 5.13 Å². The summed E-state index contributed by atoms with van der Waals surface area (Å²) in [6, 6.07) is 14.5. The lowest BCUT2D eigenvalue weighted by Gasteiger charge is -2.02. The molecule has 0 radical (unpaired) electrons. The second kappa shape index (κ2) is 7.92. The van der Waals surface area contributed by atoms with Crippen LogP contribution < -0.4 is 5.32 Å². The monoisotopic (exact) mass is 371 g/mol. The van der Waals surface area contributed by atoms with Crippen molar-refractivity contribution in [1.82, 2.24) is 4.98 Å². The third-order valence-corrected chi connectivity index (χ3v) is 4.44. The molecule has 0 atom stereocenters. The summed E-state index contributed by atoms with van der Waals surface area (Å²) in [5, 5.41) is 9.48. The molecule has 0 spiro atoms. The number of nitrogens with zero attached hydrogens (tertiary/aromatic N) is 2. The Hall–Kier alpha value is -2.70. The van der Waals surface area contributed by atoms with Crippen LogP contribution in [0.25, 0.3) is 11.3 Å². The van der Waals surface area contributed by atoms with Crippen molar-refractivity contribution in [3.05, 3.63) is 70.1 Å². The van der Waals surface area contributed by atoms with Crippen LogP contribution in [0.15, 0.2) is 59.1 Å². The van der Waals surface area contributed by atoms with Crippen molar-refractivity contribution in [1.29, 1.82) is 0 Å². The molecule has 2 aromatic carbocycles. The number of thiazole rings is 1. The lowest BCUT2D eigenvalue weighted by atomic mass is 10.1. The van der Waals surface area contributed by atoms with E-state index in [-0.39, 0.29) is 5.91 Å². The number of hydrogen-bond acceptors (Lipinski definition) is 5. The van der Waals surface area contributed by atoms with Crippen molar-refractivity contribution in [2.45, 2.75) is 0 Å². The van der Waals surface area contributed by atoms with Gasteiger partial charge in [-0.05, 0) is 23.8 Å². The molecule has 0 aliphatic heterocycles. The summed E-state index contributed by atoms with van der Waals surface area (Å²) in [5.41, 5.74) is 2.94. The minimum absolute atomic E-state index is 0.227. The van der Waals surface area contributed by atoms with Crippen molar-refractivity contribution in [2.24, 2.45) is 5.16 Å². The van der Waals surface area contributed by atoms with Crippen LogP contribution in [-0.4, -0.2) is 24.2 Å². The molecular formula is C18H14ClN3O2S. The highest BCUT2D eigenvalue weighted by Gasteiger charge is 2.11. The number of halogens is 1. The van der Waals surface area contributed by atoms with Crippen LogP contribution in [0.3, 0.4) is 0 Å². The number of rotatable bonds is 5. The third kappa shape index (κ3) is 4.23. The molecule has 0 unspecified atom stereocenters. The normalized spacial score (nSPS) is 10.8. The van der Waals surface area contributed by atoms with E-state index in [2.05, 4.69) is 20.3 Å². The molecule has 3 rings (SSSR count). The van der Waals surface area contributed by atoms with E-state index in [1.165, 1.54) is 18.4 Å². The standard InChI is InChI=1S/C18H14ClN3O2S/c1-24-20-10-12-6-8-13(9-7-12)17(23)22-18-21-16(11-25-18)14-4-2-3-5-15(14)19/h2-11H,1H3,(H,21,22,23)/b20-10+. The lowest BCUT2D eigenvalue weighted by Crippen LogP contribution is -2.11. The van der Waals surface area contributed by atoms with Gasteiger partial charge in [0.25, 0.3) is 5.91 Å². The van der Waals surface area contributed by atoms with Gasteiger partial charge >= 0.3 is 0 Å². The first-order chi connectivity index (χ1) is 12.2. The molecule has 5 nitrogen and oxygen atoms in total. The van der Waals surface area contributed by atoms with Crippen molar-refractivity contribution >= 4 is 40.2 Å². The molecule has 1 heterocycles. The second-order valence-corrected chi connectivity index (χ2v) is 6.28. The molecular weight excluding hydrogens is 358 g/mol. The topological polar surface area (TPSA) is 63.6 Å². The number of nitrogens with one attached hydrogen (secondary N) is 1. The van der Waals surface area contributed by atoms with Crippen LogP contribution in [0.5, 0.6) is 0 Å². The lowest BCUT2D eigenvalue weighted by molar-refractivity contribution is 0.102. The van der Waals surface area contributed by atoms with E-state index in [0.717, 1.165) is 16.8 Å². The van der Waals surface area contributed by atoms with Crippen LogP contribution >= 0.6 is 22.9 Å². The van der Waals surface area contributed by atoms with Crippen LogP contribution in [0.2, 0.25) is 5.02 Å². The third-order valence-electron chi connectivity index (χ3n) is 3.35. The largest absolute Gasteiger partial charge is 0.399 e. The highest BCUT2D eigenvalue weighted by Crippen LogP contribution is 2.30. The molecule has 7 heteroatoms. The number of hydrogen-bond donors (Lipinski definition) is 1. The number of oxime groups is 1. The van der Waals surface area contributed by atoms with Gasteiger partial charge in [-0.25, -0.2) is 4.98 Å². The van der Waals surface area contributed by atoms with Gasteiger partial charge < -0.3 is 4.84 Å². The fraction of sp³-hybridized carbons (Fsp3) is 0.0556. The number of carbonyl (C=O) groups excluding carboxylic acids is 1. The average molecular weight is 372 g/mol. The smallest absolute Gasteiger partial charge is 0.257 e. The van der Waals surface area contributed by atoms with Crippen LogP contribution in [0.4, 0.5) is 5.13 Å². The zero-order chi connectivity index (χ0) is 17.6. The van der Waals surface area contributed by atoms with Gasteiger partial charge in [-0.1, -0.05) is 47.1 Å². The molecule has 25 heavy (non-hydrogen) atoms. The summed E-state index contributed by atoms with van der Waals surface area (Å²) in [7, 11) is 1.48. The predicted molar refractivity (Wildman–Crippen MR) is 102 cm³/mol. The number of aromatic nitrogens is 1. The second-order valence-electron chi connectivity index (χ2n) is 5.01. The number of anilines is 1. The maximum atomic E-state index is 12.3. The number of benzene rings is 2. The Morgan fingerprint density at radius 1 is 1.24 bits per heavy atom. The Balaban J connectivity index is 1.71. The van der Waals surface area contributed by atoms with Gasteiger partial charge in [0.2, 0.25) is 0 Å². The van der Waals surface area contributed by atoms with Crippen molar-refractivity contribution < 1.29 is 9.63 Å². The fourth-order valence-electron chi connectivity index (χ4n) is 2.13. The maximum Gasteiger partial charge on any atom is 0.257 e. The maximum absolute atomic E-state index is 12.3. The first-order valence-electron chi connectivity index (χ1n) is 7.36. The molecule has 0 saturated carbocycles. The van der Waals surface area contributed by atoms with E-state index in [0.29, 0.717) is 15.7 Å². The van der Waals surface area contributed by atoms with Gasteiger partial charge in [-0.2, -0.15) is 0 Å². The molecule has 126 valence electrons. The SMILES string of the molecule is CO/N=C/c1ccc(C(=O)Nc2nc(-c3ccccc3Cl)cs2)cc1. The van der Waals surface area contributed by atoms with Gasteiger partial charge in [0.1, 0.15) is 7.11 Å². The number of carbonyl (C=O) groups is 1. The predicted octanol–water partition coefficient (Wildman–Crippen LogP) is 4.70. The summed E-state index contributed by atoms with van der Waals surface area (Å²) in [4.78, 5) is 21.4. The van der Waals surface area contributed by atoms with Crippen LogP contribution in [-0.2, 0) is 4.84 Å². The van der Waals surface area contributed by atoms with Gasteiger partial charge in [0.05, 0.1) is 11.9 Å². The van der Waals surface area contributed by atoms with E-state index in [1.807, 2.05) is 29.6 Å². The Morgan fingerprint density at radius 3 is 2.72 bits per heavy atom. The fourth-order valence-corrected chi connectivity index (χ4v) is 3.07. The minimum atomic E-state index is -0.227. The van der Waals surface area contributed by atoms with E-state index in [9.17, 15) is 4.79 Å². The Labute approximate surface area is 153 Å². The summed E-state index contributed by atoms with van der Waals surface area (Å²) in [6.07, 6.45) is 1.57. The molecule has 0 fully saturated rings. The Bertz CT molecular complexity index is 907. The highest BCUT2D eigenvalue weighted by molar-refractivity contribution is 7.14. The van der Waals surface area contributed by atoms with E-state index in [1.54, 1.807) is 30.5 Å². The quantitative estimate of drug-likeness (QED) is 0.522. The van der Waals surface area contributed by atoms with Crippen molar-refractivity contribution in [2.75, 3.05) is 12.4 Å². The first-order valence-corrected chi connectivity index (χ1v) is 8.61. The highest BCUT2D eigenvalue weighted by atomic mass is 35.5. The summed E-state index contributed by atoms with van der Waals surface area (Å²) in [6.45, 7) is 0. The zero-order valence-corrected chi connectivity index (χ0v) is 14.8. The number of amides is 1. The molecule has 0 saturated heterocycles.